The number of hydrogen-bond donors (Lipinski definition) is 0. The number of ketones is 1. The van der Waals surface area contributed by atoms with E-state index in [9.17, 15) is 9.59 Å². The lowest BCUT2D eigenvalue weighted by Crippen LogP contribution is -2.46. The number of carbonyl (C=O) groups is 2. The molecule has 1 amide bonds. The van der Waals surface area contributed by atoms with Gasteiger partial charge in [0.05, 0.1) is 0 Å². The second-order valence-electron chi connectivity index (χ2n) is 5.31. The van der Waals surface area contributed by atoms with Crippen molar-refractivity contribution < 1.29 is 9.59 Å². The Morgan fingerprint density at radius 1 is 1.06 bits per heavy atom. The minimum Gasteiger partial charge on any atom is -0.342 e. The lowest BCUT2D eigenvalue weighted by Gasteiger charge is -2.33. The average Bonchev–Trinajstić information content (AvgIpc) is 2.38. The van der Waals surface area contributed by atoms with Crippen molar-refractivity contribution in [2.45, 2.75) is 19.3 Å². The molecule has 0 radical (unpaired) electrons. The highest BCUT2D eigenvalue weighted by Gasteiger charge is 2.21. The first-order valence-corrected chi connectivity index (χ1v) is 6.85. The number of carbonyl (C=O) groups excluding carboxylic acids is 2. The van der Waals surface area contributed by atoms with Gasteiger partial charge in [-0.15, -0.1) is 0 Å². The predicted molar refractivity (Wildman–Crippen MR) is 69.4 cm³/mol. The van der Waals surface area contributed by atoms with Crippen LogP contribution in [0.1, 0.15) is 19.3 Å². The molecule has 2 saturated heterocycles. The average molecular weight is 253 g/mol. The summed E-state index contributed by atoms with van der Waals surface area (Å²) in [5.74, 6) is 0.500. The van der Waals surface area contributed by atoms with E-state index in [0.717, 1.165) is 32.7 Å². The van der Waals surface area contributed by atoms with Crippen molar-refractivity contribution >= 4 is 11.7 Å². The first-order chi connectivity index (χ1) is 8.65. The summed E-state index contributed by atoms with van der Waals surface area (Å²) in [7, 11) is 2.13. The van der Waals surface area contributed by atoms with Gasteiger partial charge in [0, 0.05) is 65.1 Å². The maximum absolute atomic E-state index is 12.0. The molecule has 0 aromatic rings. The van der Waals surface area contributed by atoms with E-state index in [1.54, 1.807) is 0 Å². The second kappa shape index (κ2) is 6.29. The van der Waals surface area contributed by atoms with Crippen molar-refractivity contribution in [3.8, 4) is 0 Å². The van der Waals surface area contributed by atoms with Crippen molar-refractivity contribution in [3.63, 3.8) is 0 Å². The van der Waals surface area contributed by atoms with Crippen molar-refractivity contribution in [3.05, 3.63) is 0 Å². The van der Waals surface area contributed by atoms with E-state index in [1.807, 2.05) is 4.90 Å². The molecule has 0 N–H and O–H groups in total. The minimum absolute atomic E-state index is 0.210. The SMILES string of the molecule is CN1CCN(CCC(=O)N2CCC(=O)CC2)CC1. The van der Waals surface area contributed by atoms with E-state index in [2.05, 4.69) is 16.8 Å². The molecule has 2 aliphatic heterocycles. The van der Waals surface area contributed by atoms with E-state index in [4.69, 9.17) is 0 Å². The first-order valence-electron chi connectivity index (χ1n) is 6.85. The molecule has 5 heteroatoms. The molecule has 0 bridgehead atoms. The van der Waals surface area contributed by atoms with Crippen molar-refractivity contribution in [1.82, 2.24) is 14.7 Å². The number of likely N-dealkylation sites (N-methyl/N-ethyl adjacent to an activating group) is 1. The van der Waals surface area contributed by atoms with Gasteiger partial charge in [-0.1, -0.05) is 0 Å². The summed E-state index contributed by atoms with van der Waals surface area (Å²) < 4.78 is 0. The van der Waals surface area contributed by atoms with E-state index >= 15 is 0 Å². The molecule has 0 atom stereocenters. The van der Waals surface area contributed by atoms with Gasteiger partial charge in [0.1, 0.15) is 5.78 Å². The van der Waals surface area contributed by atoms with Crippen LogP contribution in [0.2, 0.25) is 0 Å². The van der Waals surface area contributed by atoms with Crippen LogP contribution in [0.3, 0.4) is 0 Å². The number of Topliss-reactive ketones (excluding diaryl/α,β-unsaturated/α-hetero) is 1. The fourth-order valence-electron chi connectivity index (χ4n) is 2.49. The monoisotopic (exact) mass is 253 g/mol. The fraction of sp³-hybridized carbons (Fsp3) is 0.846. The second-order valence-corrected chi connectivity index (χ2v) is 5.31. The quantitative estimate of drug-likeness (QED) is 0.699. The largest absolute Gasteiger partial charge is 0.342 e. The third kappa shape index (κ3) is 3.78. The van der Waals surface area contributed by atoms with E-state index in [0.29, 0.717) is 32.4 Å². The van der Waals surface area contributed by atoms with Gasteiger partial charge in [-0.2, -0.15) is 0 Å². The van der Waals surface area contributed by atoms with Gasteiger partial charge in [-0.3, -0.25) is 9.59 Å². The number of rotatable bonds is 3. The summed E-state index contributed by atoms with van der Waals surface area (Å²) in [6, 6.07) is 0. The van der Waals surface area contributed by atoms with Gasteiger partial charge >= 0.3 is 0 Å². The van der Waals surface area contributed by atoms with Gasteiger partial charge in [0.15, 0.2) is 0 Å². The summed E-state index contributed by atoms with van der Waals surface area (Å²) in [5.41, 5.74) is 0. The van der Waals surface area contributed by atoms with Crippen molar-refractivity contribution in [2.75, 3.05) is 52.9 Å². The standard InChI is InChI=1S/C13H23N3O2/c1-14-8-10-15(11-9-14)5-4-13(18)16-6-2-12(17)3-7-16/h2-11H2,1H3. The topological polar surface area (TPSA) is 43.9 Å². The van der Waals surface area contributed by atoms with Crippen LogP contribution in [0.5, 0.6) is 0 Å². The smallest absolute Gasteiger partial charge is 0.223 e. The Morgan fingerprint density at radius 3 is 2.28 bits per heavy atom. The van der Waals surface area contributed by atoms with Crippen LogP contribution in [0.15, 0.2) is 0 Å². The molecule has 102 valence electrons. The zero-order valence-corrected chi connectivity index (χ0v) is 11.2. The van der Waals surface area contributed by atoms with E-state index < -0.39 is 0 Å². The molecule has 0 aliphatic carbocycles. The molecule has 0 aromatic carbocycles. The number of hydrogen-bond acceptors (Lipinski definition) is 4. The molecular formula is C13H23N3O2. The normalized spacial score (nSPS) is 23.4. The van der Waals surface area contributed by atoms with Crippen molar-refractivity contribution in [2.24, 2.45) is 0 Å². The number of nitrogens with zero attached hydrogens (tertiary/aromatic N) is 3. The zero-order chi connectivity index (χ0) is 13.0. The van der Waals surface area contributed by atoms with Crippen LogP contribution in [-0.4, -0.2) is 79.3 Å². The fourth-order valence-corrected chi connectivity index (χ4v) is 2.49. The van der Waals surface area contributed by atoms with Crippen LogP contribution in [0.25, 0.3) is 0 Å². The van der Waals surface area contributed by atoms with E-state index in [-0.39, 0.29) is 11.7 Å². The van der Waals surface area contributed by atoms with Gasteiger partial charge in [0.25, 0.3) is 0 Å². The Labute approximate surface area is 109 Å². The molecule has 0 aromatic heterocycles. The predicted octanol–water partition coefficient (Wildman–Crippen LogP) is -0.185. The summed E-state index contributed by atoms with van der Waals surface area (Å²) in [4.78, 5) is 29.6. The van der Waals surface area contributed by atoms with Gasteiger partial charge in [0.2, 0.25) is 5.91 Å². The van der Waals surface area contributed by atoms with Gasteiger partial charge < -0.3 is 14.7 Å². The Hall–Kier alpha value is -0.940. The number of piperidine rings is 1. The molecule has 2 aliphatic rings. The highest BCUT2D eigenvalue weighted by Crippen LogP contribution is 2.08. The Morgan fingerprint density at radius 2 is 1.67 bits per heavy atom. The van der Waals surface area contributed by atoms with Crippen LogP contribution in [-0.2, 0) is 9.59 Å². The molecule has 0 saturated carbocycles. The number of piperazine rings is 1. The maximum atomic E-state index is 12.0. The Kier molecular flexibility index (Phi) is 4.72. The highest BCUT2D eigenvalue weighted by atomic mass is 16.2. The molecular weight excluding hydrogens is 230 g/mol. The Balaban J connectivity index is 1.67. The lowest BCUT2D eigenvalue weighted by atomic mass is 10.1. The molecule has 0 unspecified atom stereocenters. The molecule has 2 rings (SSSR count). The summed E-state index contributed by atoms with van der Waals surface area (Å²) in [6.45, 7) is 6.40. The van der Waals surface area contributed by atoms with Crippen LogP contribution >= 0.6 is 0 Å². The molecule has 5 nitrogen and oxygen atoms in total. The zero-order valence-electron chi connectivity index (χ0n) is 11.2. The summed E-state index contributed by atoms with van der Waals surface area (Å²) >= 11 is 0. The van der Waals surface area contributed by atoms with Gasteiger partial charge in [-0.05, 0) is 7.05 Å². The molecule has 18 heavy (non-hydrogen) atoms. The molecule has 0 spiro atoms. The highest BCUT2D eigenvalue weighted by molar-refractivity contribution is 5.83. The molecule has 2 fully saturated rings. The third-order valence-electron chi connectivity index (χ3n) is 3.91. The third-order valence-corrected chi connectivity index (χ3v) is 3.91. The summed E-state index contributed by atoms with van der Waals surface area (Å²) in [6.07, 6.45) is 1.68. The van der Waals surface area contributed by atoms with Crippen molar-refractivity contribution in [1.29, 1.82) is 0 Å². The Bertz CT molecular complexity index is 301. The molecule has 2 heterocycles. The minimum atomic E-state index is 0.210. The summed E-state index contributed by atoms with van der Waals surface area (Å²) in [5, 5.41) is 0. The van der Waals surface area contributed by atoms with Gasteiger partial charge in [-0.25, -0.2) is 0 Å². The van der Waals surface area contributed by atoms with E-state index in [1.165, 1.54) is 0 Å². The number of amides is 1. The first kappa shape index (κ1) is 13.5. The lowest BCUT2D eigenvalue weighted by molar-refractivity contribution is -0.134. The van der Waals surface area contributed by atoms with Crippen LogP contribution < -0.4 is 0 Å². The number of likely N-dealkylation sites (tertiary alicyclic amines) is 1. The van der Waals surface area contributed by atoms with Crippen LogP contribution in [0, 0.1) is 0 Å². The maximum Gasteiger partial charge on any atom is 0.223 e. The van der Waals surface area contributed by atoms with Crippen LogP contribution in [0.4, 0.5) is 0 Å².